The predicted octanol–water partition coefficient (Wildman–Crippen LogP) is 2.77. The fraction of sp³-hybridized carbons (Fsp3) is 0.600. The van der Waals surface area contributed by atoms with E-state index in [-0.39, 0.29) is 12.2 Å². The lowest BCUT2D eigenvalue weighted by Gasteiger charge is -2.23. The molecule has 19 heavy (non-hydrogen) atoms. The summed E-state index contributed by atoms with van der Waals surface area (Å²) in [7, 11) is 1.70. The number of rotatable bonds is 8. The molecular formula is C15H24O4. The van der Waals surface area contributed by atoms with E-state index in [1.807, 2.05) is 32.9 Å². The molecule has 0 aliphatic rings. The van der Waals surface area contributed by atoms with Gasteiger partial charge in [-0.3, -0.25) is 0 Å². The first-order valence-corrected chi connectivity index (χ1v) is 6.57. The molecule has 0 fully saturated rings. The molecule has 0 aliphatic heterocycles. The van der Waals surface area contributed by atoms with Gasteiger partial charge >= 0.3 is 0 Å². The molecule has 0 heterocycles. The third-order valence-corrected chi connectivity index (χ3v) is 3.00. The third kappa shape index (κ3) is 5.09. The van der Waals surface area contributed by atoms with Crippen LogP contribution in [0.1, 0.15) is 32.8 Å². The van der Waals surface area contributed by atoms with Gasteiger partial charge in [-0.1, -0.05) is 6.07 Å². The second-order valence-electron chi connectivity index (χ2n) is 4.93. The molecule has 0 spiro atoms. The first kappa shape index (κ1) is 15.8. The Labute approximate surface area is 115 Å². The van der Waals surface area contributed by atoms with E-state index in [2.05, 4.69) is 0 Å². The van der Waals surface area contributed by atoms with Crippen LogP contribution in [0.15, 0.2) is 18.2 Å². The van der Waals surface area contributed by atoms with E-state index in [1.54, 1.807) is 13.2 Å². The van der Waals surface area contributed by atoms with Gasteiger partial charge < -0.3 is 19.3 Å². The van der Waals surface area contributed by atoms with Crippen molar-refractivity contribution in [3.05, 3.63) is 23.8 Å². The van der Waals surface area contributed by atoms with Crippen molar-refractivity contribution in [2.24, 2.45) is 0 Å². The molecule has 0 amide bonds. The zero-order valence-electron chi connectivity index (χ0n) is 12.2. The Bertz CT molecular complexity index is 388. The van der Waals surface area contributed by atoms with Crippen LogP contribution in [0.5, 0.6) is 11.5 Å². The Morgan fingerprint density at radius 1 is 1.16 bits per heavy atom. The van der Waals surface area contributed by atoms with Crippen molar-refractivity contribution in [3.63, 3.8) is 0 Å². The first-order valence-electron chi connectivity index (χ1n) is 6.57. The SMILES string of the molecule is CCOc1cc(CO)ccc1OCCC(C)(C)OC. The Morgan fingerprint density at radius 3 is 2.47 bits per heavy atom. The predicted molar refractivity (Wildman–Crippen MR) is 74.7 cm³/mol. The van der Waals surface area contributed by atoms with Gasteiger partial charge in [-0.15, -0.1) is 0 Å². The maximum Gasteiger partial charge on any atom is 0.161 e. The van der Waals surface area contributed by atoms with Crippen LogP contribution >= 0.6 is 0 Å². The Kier molecular flexibility index (Phi) is 6.12. The maximum atomic E-state index is 9.12. The van der Waals surface area contributed by atoms with Crippen LogP contribution in [0, 0.1) is 0 Å². The summed E-state index contributed by atoms with van der Waals surface area (Å²) in [5.41, 5.74) is 0.615. The van der Waals surface area contributed by atoms with Crippen molar-refractivity contribution in [1.82, 2.24) is 0 Å². The standard InChI is InChI=1S/C15H24O4/c1-5-18-14-10-12(11-16)6-7-13(14)19-9-8-15(2,3)17-4/h6-7,10,16H,5,8-9,11H2,1-4H3. The van der Waals surface area contributed by atoms with Gasteiger partial charge in [0, 0.05) is 13.5 Å². The number of hydrogen-bond donors (Lipinski definition) is 1. The number of ether oxygens (including phenoxy) is 3. The second kappa shape index (κ2) is 7.36. The molecule has 1 aromatic rings. The lowest BCUT2D eigenvalue weighted by Crippen LogP contribution is -2.25. The zero-order valence-corrected chi connectivity index (χ0v) is 12.2. The molecule has 0 unspecified atom stereocenters. The fourth-order valence-electron chi connectivity index (χ4n) is 1.55. The van der Waals surface area contributed by atoms with Gasteiger partial charge in [-0.05, 0) is 38.5 Å². The molecule has 1 N–H and O–H groups in total. The third-order valence-electron chi connectivity index (χ3n) is 3.00. The highest BCUT2D eigenvalue weighted by Gasteiger charge is 2.16. The summed E-state index contributed by atoms with van der Waals surface area (Å²) in [5, 5.41) is 9.12. The van der Waals surface area contributed by atoms with Gasteiger partial charge in [-0.25, -0.2) is 0 Å². The summed E-state index contributed by atoms with van der Waals surface area (Å²) in [6.45, 7) is 7.08. The molecule has 0 saturated carbocycles. The quantitative estimate of drug-likeness (QED) is 0.787. The van der Waals surface area contributed by atoms with Crippen LogP contribution in [-0.2, 0) is 11.3 Å². The maximum absolute atomic E-state index is 9.12. The summed E-state index contributed by atoms with van der Waals surface area (Å²) < 4.78 is 16.6. The summed E-state index contributed by atoms with van der Waals surface area (Å²) in [5.74, 6) is 1.37. The number of methoxy groups -OCH3 is 1. The molecular weight excluding hydrogens is 244 g/mol. The minimum Gasteiger partial charge on any atom is -0.490 e. The van der Waals surface area contributed by atoms with Crippen molar-refractivity contribution >= 4 is 0 Å². The van der Waals surface area contributed by atoms with Gasteiger partial charge in [0.15, 0.2) is 11.5 Å². The van der Waals surface area contributed by atoms with Crippen LogP contribution in [0.2, 0.25) is 0 Å². The lowest BCUT2D eigenvalue weighted by molar-refractivity contribution is 0.00521. The number of hydrogen-bond acceptors (Lipinski definition) is 4. The van der Waals surface area contributed by atoms with Crippen LogP contribution < -0.4 is 9.47 Å². The van der Waals surface area contributed by atoms with Crippen molar-refractivity contribution in [1.29, 1.82) is 0 Å². The van der Waals surface area contributed by atoms with E-state index in [4.69, 9.17) is 19.3 Å². The van der Waals surface area contributed by atoms with Crippen molar-refractivity contribution in [3.8, 4) is 11.5 Å². The van der Waals surface area contributed by atoms with E-state index < -0.39 is 0 Å². The van der Waals surface area contributed by atoms with Gasteiger partial charge in [0.2, 0.25) is 0 Å². The topological polar surface area (TPSA) is 47.9 Å². The van der Waals surface area contributed by atoms with Gasteiger partial charge in [0.1, 0.15) is 0 Å². The second-order valence-corrected chi connectivity index (χ2v) is 4.93. The summed E-state index contributed by atoms with van der Waals surface area (Å²) in [4.78, 5) is 0. The monoisotopic (exact) mass is 268 g/mol. The molecule has 4 nitrogen and oxygen atoms in total. The Morgan fingerprint density at radius 2 is 1.89 bits per heavy atom. The largest absolute Gasteiger partial charge is 0.490 e. The Balaban J connectivity index is 2.66. The van der Waals surface area contributed by atoms with E-state index >= 15 is 0 Å². The van der Waals surface area contributed by atoms with Crippen LogP contribution in [0.25, 0.3) is 0 Å². The molecule has 0 saturated heterocycles. The molecule has 108 valence electrons. The highest BCUT2D eigenvalue weighted by atomic mass is 16.5. The fourth-order valence-corrected chi connectivity index (χ4v) is 1.55. The van der Waals surface area contributed by atoms with Crippen LogP contribution in [0.4, 0.5) is 0 Å². The van der Waals surface area contributed by atoms with E-state index in [0.29, 0.717) is 24.7 Å². The van der Waals surface area contributed by atoms with Gasteiger partial charge in [0.05, 0.1) is 25.4 Å². The molecule has 0 aliphatic carbocycles. The van der Waals surface area contributed by atoms with Crippen molar-refractivity contribution in [2.75, 3.05) is 20.3 Å². The van der Waals surface area contributed by atoms with Gasteiger partial charge in [-0.2, -0.15) is 0 Å². The minimum atomic E-state index is -0.198. The zero-order chi connectivity index (χ0) is 14.3. The van der Waals surface area contributed by atoms with Crippen molar-refractivity contribution in [2.45, 2.75) is 39.4 Å². The highest BCUT2D eigenvalue weighted by Crippen LogP contribution is 2.29. The molecule has 0 bridgehead atoms. The summed E-state index contributed by atoms with van der Waals surface area (Å²) >= 11 is 0. The number of benzene rings is 1. The Hall–Kier alpha value is -1.26. The summed E-state index contributed by atoms with van der Waals surface area (Å²) in [6.07, 6.45) is 0.789. The first-order chi connectivity index (χ1) is 9.02. The normalized spacial score (nSPS) is 11.4. The molecule has 0 atom stereocenters. The number of aliphatic hydroxyl groups is 1. The average Bonchev–Trinajstić information content (AvgIpc) is 2.40. The molecule has 1 rings (SSSR count). The minimum absolute atomic E-state index is 0.00292. The van der Waals surface area contributed by atoms with Crippen LogP contribution in [0.3, 0.4) is 0 Å². The molecule has 1 aromatic carbocycles. The molecule has 4 heteroatoms. The van der Waals surface area contributed by atoms with Crippen molar-refractivity contribution < 1.29 is 19.3 Å². The average molecular weight is 268 g/mol. The molecule has 0 radical (unpaired) electrons. The smallest absolute Gasteiger partial charge is 0.161 e. The van der Waals surface area contributed by atoms with E-state index in [1.165, 1.54) is 0 Å². The summed E-state index contributed by atoms with van der Waals surface area (Å²) in [6, 6.07) is 5.47. The molecule has 0 aromatic heterocycles. The highest BCUT2D eigenvalue weighted by molar-refractivity contribution is 5.42. The van der Waals surface area contributed by atoms with E-state index in [0.717, 1.165) is 12.0 Å². The van der Waals surface area contributed by atoms with Crippen LogP contribution in [-0.4, -0.2) is 31.0 Å². The van der Waals surface area contributed by atoms with E-state index in [9.17, 15) is 0 Å². The number of aliphatic hydroxyl groups excluding tert-OH is 1. The lowest BCUT2D eigenvalue weighted by atomic mass is 10.1. The van der Waals surface area contributed by atoms with Gasteiger partial charge in [0.25, 0.3) is 0 Å².